The smallest absolute Gasteiger partial charge is 0.246 e. The molecule has 152 valence electrons. The van der Waals surface area contributed by atoms with Crippen LogP contribution in [-0.2, 0) is 14.8 Å². The van der Waals surface area contributed by atoms with E-state index in [0.29, 0.717) is 23.1 Å². The van der Waals surface area contributed by atoms with Crippen LogP contribution in [0.3, 0.4) is 0 Å². The molecule has 1 amide bonds. The number of hydrogen-bond acceptors (Lipinski definition) is 5. The maximum Gasteiger partial charge on any atom is 0.246 e. The van der Waals surface area contributed by atoms with E-state index >= 15 is 0 Å². The zero-order valence-corrected chi connectivity index (χ0v) is 17.8. The van der Waals surface area contributed by atoms with Gasteiger partial charge in [-0.25, -0.2) is 8.42 Å². The van der Waals surface area contributed by atoms with E-state index in [9.17, 15) is 18.5 Å². The van der Waals surface area contributed by atoms with Crippen LogP contribution in [0.25, 0.3) is 0 Å². The van der Waals surface area contributed by atoms with Gasteiger partial charge in [0.1, 0.15) is 16.4 Å². The molecule has 0 atom stereocenters. The molecule has 3 rings (SSSR count). The van der Waals surface area contributed by atoms with Crippen LogP contribution in [0.1, 0.15) is 12.5 Å². The number of sulfonamides is 1. The molecular formula is C19H17Cl2N3O4S. The van der Waals surface area contributed by atoms with E-state index in [1.165, 1.54) is 47.6 Å². The van der Waals surface area contributed by atoms with Crippen molar-refractivity contribution in [3.8, 4) is 17.6 Å². The zero-order chi connectivity index (χ0) is 21.2. The molecule has 0 radical (unpaired) electrons. The van der Waals surface area contributed by atoms with Crippen molar-refractivity contribution in [2.45, 2.75) is 11.8 Å². The summed E-state index contributed by atoms with van der Waals surface area (Å²) in [5.74, 6) is 0.219. The molecule has 2 aromatic rings. The molecule has 10 heteroatoms. The Morgan fingerprint density at radius 1 is 1.07 bits per heavy atom. The average Bonchev–Trinajstić information content (AvgIpc) is 2.67. The van der Waals surface area contributed by atoms with Crippen molar-refractivity contribution >= 4 is 39.1 Å². The second-order valence-electron chi connectivity index (χ2n) is 6.39. The van der Waals surface area contributed by atoms with Crippen LogP contribution in [0.15, 0.2) is 41.3 Å². The molecule has 1 fully saturated rings. The number of carbonyl (C=O) groups is 1. The lowest BCUT2D eigenvalue weighted by Crippen LogP contribution is -2.49. The Morgan fingerprint density at radius 2 is 1.69 bits per heavy atom. The van der Waals surface area contributed by atoms with Gasteiger partial charge in [-0.05, 0) is 36.4 Å². The van der Waals surface area contributed by atoms with Gasteiger partial charge in [-0.1, -0.05) is 23.2 Å². The third-order valence-electron chi connectivity index (χ3n) is 4.44. The molecule has 1 aliphatic rings. The van der Waals surface area contributed by atoms with Gasteiger partial charge >= 0.3 is 0 Å². The Balaban J connectivity index is 1.97. The molecule has 0 bridgehead atoms. The lowest BCUT2D eigenvalue weighted by molar-refractivity contribution is -0.129. The predicted molar refractivity (Wildman–Crippen MR) is 109 cm³/mol. The molecule has 1 saturated heterocycles. The number of hydrogen-bond donors (Lipinski definition) is 0. The van der Waals surface area contributed by atoms with Crippen LogP contribution in [0.2, 0.25) is 10.0 Å². The summed E-state index contributed by atoms with van der Waals surface area (Å²) >= 11 is 12.0. The van der Waals surface area contributed by atoms with Crippen LogP contribution in [-0.4, -0.2) is 49.7 Å². The standard InChI is InChI=1S/C19H17Cl2N3O4S/c1-13(25)23-4-6-24(7-5-23)29(26,27)19-8-14(12-22)2-3-18(19)28-17-10-15(20)9-16(21)11-17/h2-3,8-11H,4-7H2,1H3. The van der Waals surface area contributed by atoms with E-state index in [4.69, 9.17) is 27.9 Å². The quantitative estimate of drug-likeness (QED) is 0.705. The number of ether oxygens (including phenoxy) is 1. The van der Waals surface area contributed by atoms with Crippen molar-refractivity contribution in [3.05, 3.63) is 52.0 Å². The van der Waals surface area contributed by atoms with Crippen LogP contribution in [0, 0.1) is 11.3 Å². The highest BCUT2D eigenvalue weighted by atomic mass is 35.5. The fraction of sp³-hybridized carbons (Fsp3) is 0.263. The van der Waals surface area contributed by atoms with Gasteiger partial charge in [-0.2, -0.15) is 9.57 Å². The summed E-state index contributed by atoms with van der Waals surface area (Å²) in [6, 6.07) is 10.6. The molecule has 29 heavy (non-hydrogen) atoms. The Morgan fingerprint density at radius 3 is 2.24 bits per heavy atom. The van der Waals surface area contributed by atoms with E-state index in [1.807, 2.05) is 6.07 Å². The van der Waals surface area contributed by atoms with Gasteiger partial charge in [0.05, 0.1) is 11.6 Å². The number of rotatable bonds is 4. The highest BCUT2D eigenvalue weighted by molar-refractivity contribution is 7.89. The molecule has 1 heterocycles. The molecular weight excluding hydrogens is 437 g/mol. The molecule has 7 nitrogen and oxygen atoms in total. The number of nitrogens with zero attached hydrogens (tertiary/aromatic N) is 3. The highest BCUT2D eigenvalue weighted by Crippen LogP contribution is 2.34. The van der Waals surface area contributed by atoms with Gasteiger partial charge in [0.15, 0.2) is 0 Å². The summed E-state index contributed by atoms with van der Waals surface area (Å²) in [6.07, 6.45) is 0. The Hall–Kier alpha value is -2.31. The fourth-order valence-corrected chi connectivity index (χ4v) is 5.03. The second kappa shape index (κ2) is 8.59. The Kier molecular flexibility index (Phi) is 6.34. The van der Waals surface area contributed by atoms with Crippen LogP contribution in [0.4, 0.5) is 0 Å². The van der Waals surface area contributed by atoms with E-state index in [1.54, 1.807) is 4.90 Å². The zero-order valence-electron chi connectivity index (χ0n) is 15.4. The number of amides is 1. The number of halogens is 2. The predicted octanol–water partition coefficient (Wildman–Crippen LogP) is 3.51. The molecule has 0 unspecified atom stereocenters. The Labute approximate surface area is 179 Å². The maximum absolute atomic E-state index is 13.3. The number of carbonyl (C=O) groups excluding carboxylic acids is 1. The Bertz CT molecular complexity index is 1070. The van der Waals surface area contributed by atoms with E-state index < -0.39 is 10.0 Å². The molecule has 0 saturated carbocycles. The van der Waals surface area contributed by atoms with Crippen molar-refractivity contribution in [2.24, 2.45) is 0 Å². The average molecular weight is 454 g/mol. The normalized spacial score (nSPS) is 15.0. The highest BCUT2D eigenvalue weighted by Gasteiger charge is 2.32. The topological polar surface area (TPSA) is 90.7 Å². The van der Waals surface area contributed by atoms with Gasteiger partial charge in [-0.15, -0.1) is 0 Å². The minimum absolute atomic E-state index is 0.0522. The van der Waals surface area contributed by atoms with Gasteiger partial charge in [-0.3, -0.25) is 4.79 Å². The van der Waals surface area contributed by atoms with Gasteiger partial charge in [0.2, 0.25) is 15.9 Å². The maximum atomic E-state index is 13.3. The lowest BCUT2D eigenvalue weighted by atomic mass is 10.2. The first-order valence-electron chi connectivity index (χ1n) is 8.64. The van der Waals surface area contributed by atoms with Gasteiger partial charge in [0.25, 0.3) is 0 Å². The first kappa shape index (κ1) is 21.4. The van der Waals surface area contributed by atoms with E-state index in [-0.39, 0.29) is 41.0 Å². The van der Waals surface area contributed by atoms with E-state index in [2.05, 4.69) is 0 Å². The summed E-state index contributed by atoms with van der Waals surface area (Å²) in [4.78, 5) is 13.0. The minimum Gasteiger partial charge on any atom is -0.456 e. The molecule has 1 aliphatic heterocycles. The van der Waals surface area contributed by atoms with Crippen molar-refractivity contribution in [2.75, 3.05) is 26.2 Å². The number of nitriles is 1. The number of benzene rings is 2. The summed E-state index contributed by atoms with van der Waals surface area (Å²) in [5, 5.41) is 9.89. The molecule has 0 spiro atoms. The van der Waals surface area contributed by atoms with Gasteiger partial charge < -0.3 is 9.64 Å². The monoisotopic (exact) mass is 453 g/mol. The number of piperazine rings is 1. The van der Waals surface area contributed by atoms with Crippen LogP contribution >= 0.6 is 23.2 Å². The summed E-state index contributed by atoms with van der Waals surface area (Å²) in [6.45, 7) is 2.35. The second-order valence-corrected chi connectivity index (χ2v) is 9.17. The molecule has 0 aliphatic carbocycles. The first-order valence-corrected chi connectivity index (χ1v) is 10.8. The van der Waals surface area contributed by atoms with E-state index in [0.717, 1.165) is 0 Å². The third-order valence-corrected chi connectivity index (χ3v) is 6.79. The molecule has 0 aromatic heterocycles. The van der Waals surface area contributed by atoms with Crippen LogP contribution < -0.4 is 4.74 Å². The summed E-state index contributed by atoms with van der Waals surface area (Å²) in [5.41, 5.74) is 0.183. The fourth-order valence-electron chi connectivity index (χ4n) is 2.96. The minimum atomic E-state index is -3.96. The third kappa shape index (κ3) is 4.82. The van der Waals surface area contributed by atoms with Crippen molar-refractivity contribution in [1.82, 2.24) is 9.21 Å². The summed E-state index contributed by atoms with van der Waals surface area (Å²) in [7, 11) is -3.96. The largest absolute Gasteiger partial charge is 0.456 e. The molecule has 2 aromatic carbocycles. The first-order chi connectivity index (χ1) is 13.7. The van der Waals surface area contributed by atoms with Crippen molar-refractivity contribution in [1.29, 1.82) is 5.26 Å². The van der Waals surface area contributed by atoms with Crippen LogP contribution in [0.5, 0.6) is 11.5 Å². The van der Waals surface area contributed by atoms with Crippen molar-refractivity contribution in [3.63, 3.8) is 0 Å². The van der Waals surface area contributed by atoms with Gasteiger partial charge in [0, 0.05) is 43.1 Å². The molecule has 0 N–H and O–H groups in total. The van der Waals surface area contributed by atoms with Crippen molar-refractivity contribution < 1.29 is 17.9 Å². The summed E-state index contributed by atoms with van der Waals surface area (Å²) < 4.78 is 33.6. The lowest BCUT2D eigenvalue weighted by Gasteiger charge is -2.33. The SMILES string of the molecule is CC(=O)N1CCN(S(=O)(=O)c2cc(C#N)ccc2Oc2cc(Cl)cc(Cl)c2)CC1.